The number of thioether (sulfide) groups is 1. The predicted octanol–water partition coefficient (Wildman–Crippen LogP) is 2.20. The average molecular weight is 253 g/mol. The average Bonchev–Trinajstić information content (AvgIpc) is 2.12. The highest BCUT2D eigenvalue weighted by atomic mass is 32.2. The molecule has 90 valence electrons. The number of nitrogens with zero attached hydrogens (tertiary/aromatic N) is 1. The Labute approximate surface area is 86.1 Å². The van der Waals surface area contributed by atoms with Gasteiger partial charge in [0.05, 0.1) is 11.1 Å². The number of carboxylic acids is 1. The van der Waals surface area contributed by atoms with Crippen molar-refractivity contribution in [1.82, 2.24) is 5.34 Å². The first-order valence-corrected chi connectivity index (χ1v) is 4.85. The minimum absolute atomic E-state index is 0.129. The molecule has 0 unspecified atom stereocenters. The topological polar surface area (TPSA) is 40.5 Å². The molecule has 0 rings (SSSR count). The van der Waals surface area contributed by atoms with Crippen molar-refractivity contribution in [1.29, 1.82) is 0 Å². The van der Waals surface area contributed by atoms with Crippen molar-refractivity contribution in [3.63, 3.8) is 0 Å². The maximum absolute atomic E-state index is 13.0. The summed E-state index contributed by atoms with van der Waals surface area (Å²) in [5.41, 5.74) is 0. The Balaban J connectivity index is 4.98. The zero-order valence-electron chi connectivity index (χ0n) is 7.51. The first-order chi connectivity index (χ1) is 6.70. The van der Waals surface area contributed by atoms with Gasteiger partial charge in [-0.05, 0) is 5.75 Å². The minimum Gasteiger partial charge on any atom is -0.478 e. The van der Waals surface area contributed by atoms with E-state index in [-0.39, 0.29) is 5.75 Å². The molecule has 0 aliphatic heterocycles. The molecule has 3 nitrogen and oxygen atoms in total. The third-order valence-electron chi connectivity index (χ3n) is 1.49. The van der Waals surface area contributed by atoms with Gasteiger partial charge in [0.2, 0.25) is 0 Å². The zero-order valence-corrected chi connectivity index (χ0v) is 8.33. The van der Waals surface area contributed by atoms with Crippen LogP contribution < -0.4 is 0 Å². The van der Waals surface area contributed by atoms with E-state index in [1.165, 1.54) is 6.92 Å². The third-order valence-corrected chi connectivity index (χ3v) is 2.46. The number of hydrogen-bond acceptors (Lipinski definition) is 3. The molecule has 0 aromatic heterocycles. The van der Waals surface area contributed by atoms with Crippen LogP contribution in [0.5, 0.6) is 0 Å². The summed E-state index contributed by atoms with van der Waals surface area (Å²) >= 11 is 0.463. The Bertz CT molecular complexity index is 240. The lowest BCUT2D eigenvalue weighted by atomic mass is 10.1. The third kappa shape index (κ3) is 2.71. The fourth-order valence-electron chi connectivity index (χ4n) is 0.678. The molecule has 0 bridgehead atoms. The number of carboxylic acid groups (broad SMARTS) is 1. The Morgan fingerprint density at radius 3 is 2.13 bits per heavy atom. The van der Waals surface area contributed by atoms with Gasteiger partial charge >= 0.3 is 17.7 Å². The van der Waals surface area contributed by atoms with Crippen LogP contribution in [-0.4, -0.2) is 39.6 Å². The predicted molar refractivity (Wildman–Crippen MR) is 43.5 cm³/mol. The molecule has 1 atom stereocenters. The molecule has 0 heterocycles. The highest BCUT2D eigenvalue weighted by Crippen LogP contribution is 2.39. The Hall–Kier alpha value is -0.570. The molecule has 0 fully saturated rings. The van der Waals surface area contributed by atoms with Crippen LogP contribution in [0, 0.1) is 0 Å². The molecule has 0 aliphatic carbocycles. The number of alkyl halides is 3. The van der Waals surface area contributed by atoms with Crippen LogP contribution in [0.4, 0.5) is 22.1 Å². The molecule has 9 heteroatoms. The first kappa shape index (κ1) is 14.4. The van der Waals surface area contributed by atoms with E-state index in [9.17, 15) is 26.9 Å². The van der Waals surface area contributed by atoms with Gasteiger partial charge in [-0.1, -0.05) is 15.9 Å². The van der Waals surface area contributed by atoms with Crippen molar-refractivity contribution in [2.24, 2.45) is 0 Å². The zero-order chi connectivity index (χ0) is 12.3. The van der Waals surface area contributed by atoms with Crippen LogP contribution in [0.3, 0.4) is 0 Å². The number of hydrogen-bond donors (Lipinski definition) is 1. The maximum atomic E-state index is 13.0. The van der Waals surface area contributed by atoms with Crippen molar-refractivity contribution in [3.05, 3.63) is 0 Å². The molecule has 0 amide bonds. The summed E-state index contributed by atoms with van der Waals surface area (Å²) in [5, 5.41) is 5.43. The largest absolute Gasteiger partial charge is 0.478 e. The quantitative estimate of drug-likeness (QED) is 0.447. The van der Waals surface area contributed by atoms with Gasteiger partial charge in [-0.25, -0.2) is 9.18 Å². The van der Waals surface area contributed by atoms with E-state index in [4.69, 9.17) is 5.11 Å². The van der Waals surface area contributed by atoms with Gasteiger partial charge in [0.15, 0.2) is 0 Å². The van der Waals surface area contributed by atoms with Crippen LogP contribution in [0.25, 0.3) is 0 Å². The summed E-state index contributed by atoms with van der Waals surface area (Å²) in [5.74, 6) is -13.8. The number of aliphatic carboxylic acids is 1. The van der Waals surface area contributed by atoms with Crippen molar-refractivity contribution >= 4 is 17.7 Å². The summed E-state index contributed by atoms with van der Waals surface area (Å²) < 4.78 is 62.4. The second-order valence-corrected chi connectivity index (χ2v) is 3.78. The molecule has 1 N–H and O–H groups in total. The Kier molecular flexibility index (Phi) is 4.78. The molecule has 0 saturated carbocycles. The number of halogens is 5. The van der Waals surface area contributed by atoms with Gasteiger partial charge in [0, 0.05) is 0 Å². The second kappa shape index (κ2) is 4.97. The molecular formula is C6H8F5NO2S. The van der Waals surface area contributed by atoms with Crippen LogP contribution in [-0.2, 0) is 4.79 Å². The highest BCUT2D eigenvalue weighted by Gasteiger charge is 2.67. The molecule has 15 heavy (non-hydrogen) atoms. The van der Waals surface area contributed by atoms with Gasteiger partial charge in [-0.2, -0.15) is 20.5 Å². The summed E-state index contributed by atoms with van der Waals surface area (Å²) in [4.78, 5) is 10.1. The van der Waals surface area contributed by atoms with Crippen LogP contribution in [0.15, 0.2) is 0 Å². The van der Waals surface area contributed by atoms with E-state index >= 15 is 0 Å². The highest BCUT2D eigenvalue weighted by molar-refractivity contribution is 7.99. The van der Waals surface area contributed by atoms with Crippen molar-refractivity contribution in [3.8, 4) is 0 Å². The lowest BCUT2D eigenvalue weighted by molar-refractivity contribution is -0.330. The first-order valence-electron chi connectivity index (χ1n) is 3.69. The Morgan fingerprint density at radius 2 is 1.87 bits per heavy atom. The summed E-state index contributed by atoms with van der Waals surface area (Å²) in [6, 6.07) is 0. The normalized spacial score (nSPS) is 16.5. The van der Waals surface area contributed by atoms with Gasteiger partial charge in [0.1, 0.15) is 0 Å². The van der Waals surface area contributed by atoms with E-state index < -0.39 is 28.8 Å². The molecule has 0 spiro atoms. The standard InChI is InChI=1S/C6H8F5NO2S/c1-2-15-3-5(7,8)6(9,4(13)14)12(10)11/h2-3H2,1H3,(H,13,14)/t6-/m1/s1. The lowest BCUT2D eigenvalue weighted by Gasteiger charge is -2.28. The van der Waals surface area contributed by atoms with E-state index in [0.29, 0.717) is 11.8 Å². The maximum Gasteiger partial charge on any atom is 0.379 e. The van der Waals surface area contributed by atoms with Crippen LogP contribution >= 0.6 is 11.8 Å². The molecule has 0 aliphatic rings. The number of rotatable bonds is 6. The number of carbonyl (C=O) groups is 1. The van der Waals surface area contributed by atoms with Crippen molar-refractivity contribution in [2.45, 2.75) is 18.6 Å². The second-order valence-electron chi connectivity index (χ2n) is 2.50. The van der Waals surface area contributed by atoms with Crippen LogP contribution in [0.1, 0.15) is 6.92 Å². The summed E-state index contributed by atoms with van der Waals surface area (Å²) in [6.07, 6.45) is 0. The van der Waals surface area contributed by atoms with Crippen molar-refractivity contribution in [2.75, 3.05) is 11.5 Å². The Morgan fingerprint density at radius 1 is 1.40 bits per heavy atom. The van der Waals surface area contributed by atoms with E-state index in [2.05, 4.69) is 0 Å². The SMILES string of the molecule is CCSCC(F)(F)[C@@](F)(C(=O)O)N(F)F. The van der Waals surface area contributed by atoms with E-state index in [1.807, 2.05) is 0 Å². The van der Waals surface area contributed by atoms with Crippen molar-refractivity contribution < 1.29 is 32.0 Å². The molecular weight excluding hydrogens is 245 g/mol. The molecule has 0 radical (unpaired) electrons. The monoisotopic (exact) mass is 253 g/mol. The fraction of sp³-hybridized carbons (Fsp3) is 0.833. The minimum atomic E-state index is -4.99. The summed E-state index contributed by atoms with van der Waals surface area (Å²) in [7, 11) is 0. The van der Waals surface area contributed by atoms with Gasteiger partial charge < -0.3 is 5.11 Å². The van der Waals surface area contributed by atoms with Gasteiger partial charge in [-0.3, -0.25) is 0 Å². The van der Waals surface area contributed by atoms with Gasteiger partial charge in [-0.15, -0.1) is 0 Å². The summed E-state index contributed by atoms with van der Waals surface area (Å²) in [6.45, 7) is 1.45. The lowest BCUT2D eigenvalue weighted by Crippen LogP contribution is -2.58. The van der Waals surface area contributed by atoms with Crippen LogP contribution in [0.2, 0.25) is 0 Å². The van der Waals surface area contributed by atoms with E-state index in [1.54, 1.807) is 0 Å². The van der Waals surface area contributed by atoms with Gasteiger partial charge in [0.25, 0.3) is 0 Å². The smallest absolute Gasteiger partial charge is 0.379 e. The molecule has 0 aromatic carbocycles. The molecule has 0 aromatic rings. The fourth-order valence-corrected chi connectivity index (χ4v) is 1.33. The molecule has 0 saturated heterocycles. The van der Waals surface area contributed by atoms with E-state index in [0.717, 1.165) is 0 Å².